The zero-order valence-electron chi connectivity index (χ0n) is 13.6. The van der Waals surface area contributed by atoms with E-state index in [4.69, 9.17) is 33.0 Å². The fourth-order valence-electron chi connectivity index (χ4n) is 1.77. The zero-order valence-corrected chi connectivity index (χ0v) is 15.1. The minimum atomic E-state index is -1.08. The number of nitrogens with one attached hydrogen (secondary N) is 2. The molecule has 0 atom stereocenters. The molecule has 2 rings (SSSR count). The van der Waals surface area contributed by atoms with Crippen LogP contribution in [0.5, 0.6) is 5.75 Å². The van der Waals surface area contributed by atoms with E-state index in [-0.39, 0.29) is 5.02 Å². The normalized spacial score (nSPS) is 10.4. The molecule has 0 spiro atoms. The summed E-state index contributed by atoms with van der Waals surface area (Å²) >= 11 is 11.6. The number of rotatable bonds is 6. The Labute approximate surface area is 163 Å². The first-order chi connectivity index (χ1) is 12.8. The molecular formula is C17H13Cl2N3O5. The van der Waals surface area contributed by atoms with Crippen molar-refractivity contribution in [1.29, 1.82) is 0 Å². The number of anilines is 1. The maximum atomic E-state index is 11.8. The van der Waals surface area contributed by atoms with Crippen LogP contribution >= 0.6 is 23.2 Å². The first-order valence-corrected chi connectivity index (χ1v) is 8.15. The van der Waals surface area contributed by atoms with Crippen LogP contribution in [0, 0.1) is 0 Å². The third-order valence-corrected chi connectivity index (χ3v) is 3.74. The van der Waals surface area contributed by atoms with Crippen molar-refractivity contribution in [2.75, 3.05) is 11.9 Å². The molecule has 0 saturated heterocycles. The van der Waals surface area contributed by atoms with Crippen LogP contribution in [0.2, 0.25) is 10.0 Å². The third kappa shape index (κ3) is 6.61. The molecule has 0 unspecified atom stereocenters. The zero-order chi connectivity index (χ0) is 19.8. The Balaban J connectivity index is 1.85. The average molecular weight is 410 g/mol. The molecule has 8 nitrogen and oxygen atoms in total. The molecular weight excluding hydrogens is 397 g/mol. The van der Waals surface area contributed by atoms with Crippen LogP contribution in [0.4, 0.5) is 5.69 Å². The fourth-order valence-corrected chi connectivity index (χ4v) is 2.07. The summed E-state index contributed by atoms with van der Waals surface area (Å²) in [5.74, 6) is -2.61. The van der Waals surface area contributed by atoms with Gasteiger partial charge in [0.2, 0.25) is 0 Å². The highest BCUT2D eigenvalue weighted by molar-refractivity contribution is 6.42. The van der Waals surface area contributed by atoms with E-state index in [1.54, 1.807) is 24.3 Å². The highest BCUT2D eigenvalue weighted by atomic mass is 35.5. The van der Waals surface area contributed by atoms with Gasteiger partial charge in [-0.25, -0.2) is 10.2 Å². The molecule has 0 fully saturated rings. The smallest absolute Gasteiger partial charge is 0.341 e. The van der Waals surface area contributed by atoms with E-state index in [9.17, 15) is 14.4 Å². The number of hydrogen-bond acceptors (Lipinski definition) is 5. The Morgan fingerprint density at radius 1 is 1.04 bits per heavy atom. The van der Waals surface area contributed by atoms with Crippen LogP contribution in [-0.4, -0.2) is 35.7 Å². The molecule has 0 radical (unpaired) electrons. The van der Waals surface area contributed by atoms with Gasteiger partial charge in [-0.1, -0.05) is 23.2 Å². The van der Waals surface area contributed by atoms with Gasteiger partial charge in [-0.05, 0) is 48.0 Å². The van der Waals surface area contributed by atoms with Gasteiger partial charge in [-0.2, -0.15) is 5.10 Å². The summed E-state index contributed by atoms with van der Waals surface area (Å²) in [6.45, 7) is -0.447. The number of aliphatic carboxylic acids is 1. The largest absolute Gasteiger partial charge is 0.482 e. The molecule has 27 heavy (non-hydrogen) atoms. The predicted molar refractivity (Wildman–Crippen MR) is 100 cm³/mol. The van der Waals surface area contributed by atoms with Crippen molar-refractivity contribution in [3.8, 4) is 5.75 Å². The van der Waals surface area contributed by atoms with Crippen molar-refractivity contribution in [2.45, 2.75) is 0 Å². The lowest BCUT2D eigenvalue weighted by Crippen LogP contribution is -2.32. The van der Waals surface area contributed by atoms with E-state index in [1.165, 1.54) is 24.4 Å². The van der Waals surface area contributed by atoms with Gasteiger partial charge >= 0.3 is 17.8 Å². The molecule has 0 bridgehead atoms. The van der Waals surface area contributed by atoms with Crippen LogP contribution in [0.25, 0.3) is 0 Å². The van der Waals surface area contributed by atoms with Crippen molar-refractivity contribution < 1.29 is 24.2 Å². The van der Waals surface area contributed by atoms with E-state index in [1.807, 2.05) is 0 Å². The van der Waals surface area contributed by atoms with Gasteiger partial charge in [0.25, 0.3) is 0 Å². The molecule has 10 heteroatoms. The van der Waals surface area contributed by atoms with Gasteiger partial charge in [0, 0.05) is 5.69 Å². The number of benzene rings is 2. The number of ether oxygens (including phenoxy) is 1. The van der Waals surface area contributed by atoms with Gasteiger partial charge < -0.3 is 15.2 Å². The molecule has 0 aliphatic heterocycles. The maximum absolute atomic E-state index is 11.8. The van der Waals surface area contributed by atoms with E-state index in [2.05, 4.69) is 15.8 Å². The molecule has 0 aliphatic rings. The number of carboxylic acids is 1. The lowest BCUT2D eigenvalue weighted by molar-refractivity contribution is -0.139. The quantitative estimate of drug-likeness (QED) is 0.385. The molecule has 140 valence electrons. The van der Waals surface area contributed by atoms with Crippen molar-refractivity contribution in [2.24, 2.45) is 5.10 Å². The SMILES string of the molecule is O=C(O)COc1ccc(/C=N\NC(=O)C(=O)Nc2ccc(Cl)c(Cl)c2)cc1. The van der Waals surface area contributed by atoms with E-state index in [0.717, 1.165) is 0 Å². The summed E-state index contributed by atoms with van der Waals surface area (Å²) in [4.78, 5) is 33.9. The van der Waals surface area contributed by atoms with Crippen LogP contribution in [0.3, 0.4) is 0 Å². The van der Waals surface area contributed by atoms with Crippen LogP contribution in [-0.2, 0) is 14.4 Å². The number of nitrogens with zero attached hydrogens (tertiary/aromatic N) is 1. The Bertz CT molecular complexity index is 885. The Hall–Kier alpha value is -3.10. The van der Waals surface area contributed by atoms with Crippen LogP contribution < -0.4 is 15.5 Å². The van der Waals surface area contributed by atoms with Gasteiger partial charge in [0.15, 0.2) is 6.61 Å². The summed E-state index contributed by atoms with van der Waals surface area (Å²) in [7, 11) is 0. The molecule has 2 aromatic rings. The highest BCUT2D eigenvalue weighted by Crippen LogP contribution is 2.24. The second kappa shape index (κ2) is 9.56. The molecule has 0 saturated carbocycles. The number of hydrogen-bond donors (Lipinski definition) is 3. The highest BCUT2D eigenvalue weighted by Gasteiger charge is 2.13. The third-order valence-electron chi connectivity index (χ3n) is 3.01. The number of carboxylic acid groups (broad SMARTS) is 1. The number of halogens is 2. The lowest BCUT2D eigenvalue weighted by atomic mass is 10.2. The summed E-state index contributed by atoms with van der Waals surface area (Å²) in [6.07, 6.45) is 1.31. The predicted octanol–water partition coefficient (Wildman–Crippen LogP) is 2.55. The summed E-state index contributed by atoms with van der Waals surface area (Å²) in [5, 5.41) is 15.1. The summed E-state index contributed by atoms with van der Waals surface area (Å²) < 4.78 is 4.98. The van der Waals surface area contributed by atoms with Gasteiger partial charge in [0.1, 0.15) is 5.75 Å². The number of carbonyl (C=O) groups is 3. The summed E-state index contributed by atoms with van der Waals surface area (Å²) in [5.41, 5.74) is 2.99. The topological polar surface area (TPSA) is 117 Å². The van der Waals surface area contributed by atoms with E-state index in [0.29, 0.717) is 22.0 Å². The molecule has 2 aromatic carbocycles. The van der Waals surface area contributed by atoms with Crippen molar-refractivity contribution >= 4 is 52.9 Å². The minimum Gasteiger partial charge on any atom is -0.482 e. The maximum Gasteiger partial charge on any atom is 0.341 e. The Kier molecular flexibility index (Phi) is 7.16. The van der Waals surface area contributed by atoms with Gasteiger partial charge in [-0.15, -0.1) is 0 Å². The second-order valence-electron chi connectivity index (χ2n) is 5.03. The Morgan fingerprint density at radius 2 is 1.74 bits per heavy atom. The first kappa shape index (κ1) is 20.2. The molecule has 3 N–H and O–H groups in total. The molecule has 0 aliphatic carbocycles. The molecule has 2 amide bonds. The first-order valence-electron chi connectivity index (χ1n) is 7.39. The molecule has 0 heterocycles. The monoisotopic (exact) mass is 409 g/mol. The van der Waals surface area contributed by atoms with Crippen molar-refractivity contribution in [1.82, 2.24) is 5.43 Å². The van der Waals surface area contributed by atoms with Gasteiger partial charge in [-0.3, -0.25) is 9.59 Å². The summed E-state index contributed by atoms with van der Waals surface area (Å²) in [6, 6.07) is 10.7. The molecule has 0 aromatic heterocycles. The number of hydrazone groups is 1. The minimum absolute atomic E-state index is 0.240. The average Bonchev–Trinajstić information content (AvgIpc) is 2.64. The van der Waals surface area contributed by atoms with E-state index >= 15 is 0 Å². The number of carbonyl (C=O) groups excluding carboxylic acids is 2. The van der Waals surface area contributed by atoms with E-state index < -0.39 is 24.4 Å². The Morgan fingerprint density at radius 3 is 2.37 bits per heavy atom. The van der Waals surface area contributed by atoms with Crippen LogP contribution in [0.15, 0.2) is 47.6 Å². The lowest BCUT2D eigenvalue weighted by Gasteiger charge is -2.05. The van der Waals surface area contributed by atoms with Crippen molar-refractivity contribution in [3.63, 3.8) is 0 Å². The van der Waals surface area contributed by atoms with Gasteiger partial charge in [0.05, 0.1) is 16.3 Å². The standard InChI is InChI=1S/C17H13Cl2N3O5/c18-13-6-3-11(7-14(13)19)21-16(25)17(26)22-20-8-10-1-4-12(5-2-10)27-9-15(23)24/h1-8H,9H2,(H,21,25)(H,22,26)(H,23,24)/b20-8-. The second-order valence-corrected chi connectivity index (χ2v) is 5.85. The van der Waals surface area contributed by atoms with Crippen LogP contribution in [0.1, 0.15) is 5.56 Å². The van der Waals surface area contributed by atoms with Crippen molar-refractivity contribution in [3.05, 3.63) is 58.1 Å². The fraction of sp³-hybridized carbons (Fsp3) is 0.0588. The number of amides is 2.